The highest BCUT2D eigenvalue weighted by molar-refractivity contribution is 6.07. The normalized spacial score (nSPS) is 10.7. The monoisotopic (exact) mass is 412 g/mol. The Labute approximate surface area is 174 Å². The van der Waals surface area contributed by atoms with Crippen LogP contribution in [0.25, 0.3) is 0 Å². The fourth-order valence-electron chi connectivity index (χ4n) is 2.43. The summed E-state index contributed by atoms with van der Waals surface area (Å²) in [7, 11) is 1.51. The van der Waals surface area contributed by atoms with Crippen LogP contribution in [-0.4, -0.2) is 37.1 Å². The number of rotatable bonds is 9. The molecule has 2 rings (SSSR count). The van der Waals surface area contributed by atoms with Crippen LogP contribution >= 0.6 is 0 Å². The zero-order valence-corrected chi connectivity index (χ0v) is 17.0. The molecule has 9 heteroatoms. The third-order valence-corrected chi connectivity index (χ3v) is 3.73. The van der Waals surface area contributed by atoms with Crippen molar-refractivity contribution in [3.63, 3.8) is 0 Å². The molecule has 30 heavy (non-hydrogen) atoms. The number of nitrogens with one attached hydrogen (secondary N) is 3. The average Bonchev–Trinajstić information content (AvgIpc) is 2.72. The quantitative estimate of drug-likeness (QED) is 0.432. The maximum atomic E-state index is 12.2. The van der Waals surface area contributed by atoms with Crippen molar-refractivity contribution in [3.8, 4) is 11.5 Å². The number of carbonyl (C=O) groups is 3. The molecule has 0 unspecified atom stereocenters. The summed E-state index contributed by atoms with van der Waals surface area (Å²) < 4.78 is 10.6. The van der Waals surface area contributed by atoms with E-state index >= 15 is 0 Å². The molecule has 0 radical (unpaired) electrons. The van der Waals surface area contributed by atoms with Crippen molar-refractivity contribution in [1.29, 1.82) is 0 Å². The van der Waals surface area contributed by atoms with Crippen LogP contribution in [0.1, 0.15) is 20.3 Å². The number of para-hydroxylation sites is 4. The lowest BCUT2D eigenvalue weighted by Gasteiger charge is -2.11. The molecule has 0 saturated carbocycles. The zero-order chi connectivity index (χ0) is 21.9. The molecule has 0 heterocycles. The Morgan fingerprint density at radius 1 is 0.867 bits per heavy atom. The lowest BCUT2D eigenvalue weighted by atomic mass is 10.2. The summed E-state index contributed by atoms with van der Waals surface area (Å²) in [6, 6.07) is 13.8. The first-order valence-corrected chi connectivity index (χ1v) is 9.13. The molecule has 0 aliphatic rings. The van der Waals surface area contributed by atoms with E-state index in [1.54, 1.807) is 55.5 Å². The van der Waals surface area contributed by atoms with Gasteiger partial charge < -0.3 is 20.1 Å². The van der Waals surface area contributed by atoms with Gasteiger partial charge in [-0.25, -0.2) is 5.43 Å². The van der Waals surface area contributed by atoms with Gasteiger partial charge >= 0.3 is 0 Å². The summed E-state index contributed by atoms with van der Waals surface area (Å²) in [5, 5.41) is 9.26. The highest BCUT2D eigenvalue weighted by Crippen LogP contribution is 2.25. The van der Waals surface area contributed by atoms with Crippen LogP contribution in [0.15, 0.2) is 53.6 Å². The molecule has 0 bridgehead atoms. The van der Waals surface area contributed by atoms with Crippen molar-refractivity contribution >= 4 is 34.8 Å². The molecule has 0 aromatic heterocycles. The van der Waals surface area contributed by atoms with Crippen molar-refractivity contribution in [2.24, 2.45) is 5.10 Å². The smallest absolute Gasteiger partial charge is 0.277 e. The fourth-order valence-corrected chi connectivity index (χ4v) is 2.43. The maximum absolute atomic E-state index is 12.2. The van der Waals surface area contributed by atoms with E-state index in [2.05, 4.69) is 21.2 Å². The Bertz CT molecular complexity index is 942. The highest BCUT2D eigenvalue weighted by atomic mass is 16.5. The van der Waals surface area contributed by atoms with Gasteiger partial charge in [0.2, 0.25) is 11.8 Å². The number of hydrogen-bond donors (Lipinski definition) is 3. The number of benzene rings is 2. The van der Waals surface area contributed by atoms with E-state index in [-0.39, 0.29) is 24.8 Å². The molecule has 9 nitrogen and oxygen atoms in total. The van der Waals surface area contributed by atoms with Crippen molar-refractivity contribution in [1.82, 2.24) is 5.43 Å². The predicted octanol–water partition coefficient (Wildman–Crippen LogP) is 2.55. The van der Waals surface area contributed by atoms with Crippen LogP contribution < -0.4 is 25.5 Å². The van der Waals surface area contributed by atoms with Gasteiger partial charge in [0.05, 0.1) is 24.9 Å². The van der Waals surface area contributed by atoms with E-state index in [9.17, 15) is 14.4 Å². The van der Waals surface area contributed by atoms with Crippen molar-refractivity contribution in [2.45, 2.75) is 20.3 Å². The molecule has 158 valence electrons. The molecule has 0 fully saturated rings. The predicted molar refractivity (Wildman–Crippen MR) is 114 cm³/mol. The minimum atomic E-state index is -0.475. The SMILES string of the molecule is COc1ccccc1OCC(=O)N/N=C(\C)CC(=O)Nc1ccccc1NC(C)=O. The Hall–Kier alpha value is -3.88. The first-order valence-electron chi connectivity index (χ1n) is 9.13. The largest absolute Gasteiger partial charge is 0.493 e. The second-order valence-corrected chi connectivity index (χ2v) is 6.27. The Kier molecular flexibility index (Phi) is 8.37. The second-order valence-electron chi connectivity index (χ2n) is 6.27. The van der Waals surface area contributed by atoms with E-state index in [4.69, 9.17) is 9.47 Å². The third kappa shape index (κ3) is 7.27. The van der Waals surface area contributed by atoms with Gasteiger partial charge in [-0.05, 0) is 31.2 Å². The number of anilines is 2. The lowest BCUT2D eigenvalue weighted by Crippen LogP contribution is -2.26. The van der Waals surface area contributed by atoms with Gasteiger partial charge in [0.15, 0.2) is 18.1 Å². The molecular formula is C21H24N4O5. The van der Waals surface area contributed by atoms with E-state index in [1.807, 2.05) is 0 Å². The molecule has 0 aliphatic heterocycles. The Morgan fingerprint density at radius 2 is 1.47 bits per heavy atom. The van der Waals surface area contributed by atoms with Gasteiger partial charge in [0.1, 0.15) is 0 Å². The molecule has 0 saturated heterocycles. The zero-order valence-electron chi connectivity index (χ0n) is 17.0. The molecule has 2 aromatic carbocycles. The molecule has 3 N–H and O–H groups in total. The number of ether oxygens (including phenoxy) is 2. The van der Waals surface area contributed by atoms with E-state index in [0.29, 0.717) is 28.6 Å². The summed E-state index contributed by atoms with van der Waals surface area (Å²) in [6.07, 6.45) is -0.0396. The van der Waals surface area contributed by atoms with Gasteiger partial charge in [-0.2, -0.15) is 5.10 Å². The maximum Gasteiger partial charge on any atom is 0.277 e. The number of carbonyl (C=O) groups excluding carboxylic acids is 3. The van der Waals surface area contributed by atoms with Gasteiger partial charge in [-0.1, -0.05) is 24.3 Å². The number of amides is 3. The molecule has 3 amide bonds. The van der Waals surface area contributed by atoms with Gasteiger partial charge in [0, 0.05) is 12.6 Å². The third-order valence-electron chi connectivity index (χ3n) is 3.73. The van der Waals surface area contributed by atoms with E-state index in [0.717, 1.165) is 0 Å². The summed E-state index contributed by atoms with van der Waals surface area (Å²) in [5.74, 6) is -0.105. The molecule has 0 aliphatic carbocycles. The van der Waals surface area contributed by atoms with Crippen LogP contribution in [0.4, 0.5) is 11.4 Å². The highest BCUT2D eigenvalue weighted by Gasteiger charge is 2.10. The Morgan fingerprint density at radius 3 is 2.10 bits per heavy atom. The summed E-state index contributed by atoms with van der Waals surface area (Å²) >= 11 is 0. The fraction of sp³-hybridized carbons (Fsp3) is 0.238. The molecule has 0 spiro atoms. The van der Waals surface area contributed by atoms with Crippen LogP contribution in [0.2, 0.25) is 0 Å². The first kappa shape index (κ1) is 22.4. The van der Waals surface area contributed by atoms with Crippen molar-refractivity contribution < 1.29 is 23.9 Å². The molecule has 2 aromatic rings. The second kappa shape index (κ2) is 11.2. The van der Waals surface area contributed by atoms with Gasteiger partial charge in [-0.15, -0.1) is 0 Å². The summed E-state index contributed by atoms with van der Waals surface area (Å²) in [5.41, 5.74) is 3.71. The lowest BCUT2D eigenvalue weighted by molar-refractivity contribution is -0.123. The minimum Gasteiger partial charge on any atom is -0.493 e. The first-order chi connectivity index (χ1) is 14.4. The number of hydrazone groups is 1. The number of methoxy groups -OCH3 is 1. The molecule has 0 atom stereocenters. The molecular weight excluding hydrogens is 388 g/mol. The van der Waals surface area contributed by atoms with Crippen LogP contribution in [-0.2, 0) is 14.4 Å². The number of hydrogen-bond acceptors (Lipinski definition) is 6. The average molecular weight is 412 g/mol. The van der Waals surface area contributed by atoms with Crippen LogP contribution in [0.5, 0.6) is 11.5 Å². The minimum absolute atomic E-state index is 0.0396. The van der Waals surface area contributed by atoms with Crippen molar-refractivity contribution in [2.75, 3.05) is 24.4 Å². The Balaban J connectivity index is 1.84. The van der Waals surface area contributed by atoms with Crippen LogP contribution in [0, 0.1) is 0 Å². The standard InChI is InChI=1S/C21H24N4O5/c1-14(12-20(27)23-17-9-5-4-8-16(17)22-15(2)26)24-25-21(28)13-30-19-11-7-6-10-18(19)29-3/h4-11H,12-13H2,1-3H3,(H,22,26)(H,23,27)(H,25,28)/b24-14+. The number of nitrogens with zero attached hydrogens (tertiary/aromatic N) is 1. The van der Waals surface area contributed by atoms with E-state index in [1.165, 1.54) is 14.0 Å². The van der Waals surface area contributed by atoms with Crippen molar-refractivity contribution in [3.05, 3.63) is 48.5 Å². The van der Waals surface area contributed by atoms with Crippen LogP contribution in [0.3, 0.4) is 0 Å². The topological polar surface area (TPSA) is 118 Å². The van der Waals surface area contributed by atoms with Gasteiger partial charge in [-0.3, -0.25) is 14.4 Å². The summed E-state index contributed by atoms with van der Waals surface area (Å²) in [4.78, 5) is 35.4. The van der Waals surface area contributed by atoms with Gasteiger partial charge in [0.25, 0.3) is 5.91 Å². The summed E-state index contributed by atoms with van der Waals surface area (Å²) in [6.45, 7) is 2.74. The van der Waals surface area contributed by atoms with E-state index < -0.39 is 5.91 Å².